The predicted octanol–water partition coefficient (Wildman–Crippen LogP) is 4.39. The number of aromatic amines is 1. The van der Waals surface area contributed by atoms with Gasteiger partial charge in [-0.15, -0.1) is 0 Å². The minimum absolute atomic E-state index is 0.0633. The van der Waals surface area contributed by atoms with Gasteiger partial charge in [0.1, 0.15) is 5.82 Å². The van der Waals surface area contributed by atoms with E-state index in [4.69, 9.17) is 4.98 Å². The van der Waals surface area contributed by atoms with E-state index in [1.807, 2.05) is 46.8 Å². The summed E-state index contributed by atoms with van der Waals surface area (Å²) in [7, 11) is 0. The van der Waals surface area contributed by atoms with E-state index >= 15 is 0 Å². The molecule has 0 aliphatic carbocycles. The smallest absolute Gasteiger partial charge is 0.257 e. The average Bonchev–Trinajstić information content (AvgIpc) is 3.37. The van der Waals surface area contributed by atoms with E-state index < -0.39 is 0 Å². The maximum absolute atomic E-state index is 13.1. The van der Waals surface area contributed by atoms with Crippen LogP contribution in [-0.4, -0.2) is 43.6 Å². The maximum atomic E-state index is 13.1. The Labute approximate surface area is 175 Å². The first-order chi connectivity index (χ1) is 14.6. The number of H-pyrrole nitrogens is 1. The Morgan fingerprint density at radius 2 is 1.83 bits per heavy atom. The maximum Gasteiger partial charge on any atom is 0.257 e. The fourth-order valence-electron chi connectivity index (χ4n) is 4.31. The number of piperidine rings is 1. The third-order valence-electron chi connectivity index (χ3n) is 6.07. The lowest BCUT2D eigenvalue weighted by atomic mass is 9.95. The molecule has 1 aliphatic rings. The van der Waals surface area contributed by atoms with Crippen molar-refractivity contribution < 1.29 is 4.79 Å². The number of rotatable bonds is 3. The van der Waals surface area contributed by atoms with Crippen LogP contribution in [0.2, 0.25) is 0 Å². The fourth-order valence-corrected chi connectivity index (χ4v) is 4.31. The normalized spacial score (nSPS) is 15.1. The molecule has 152 valence electrons. The van der Waals surface area contributed by atoms with E-state index in [9.17, 15) is 4.79 Å². The Bertz CT molecular complexity index is 1200. The molecule has 30 heavy (non-hydrogen) atoms. The second kappa shape index (κ2) is 7.44. The molecule has 1 N–H and O–H groups in total. The van der Waals surface area contributed by atoms with Crippen LogP contribution in [-0.2, 0) is 0 Å². The highest BCUT2D eigenvalue weighted by Gasteiger charge is 2.28. The van der Waals surface area contributed by atoms with Gasteiger partial charge in [-0.05, 0) is 56.5 Å². The van der Waals surface area contributed by atoms with Crippen molar-refractivity contribution >= 4 is 16.9 Å². The standard InChI is InChI=1S/C24H25N5O/c1-16-8-9-21-22(14-16)27-23(26-21)18-10-12-28(13-11-18)24(30)20-15-25-29(17(20)2)19-6-4-3-5-7-19/h3-9,14-15,18H,10-13H2,1-2H3,(H,26,27). The lowest BCUT2D eigenvalue weighted by Gasteiger charge is -2.31. The molecule has 4 aromatic rings. The number of aromatic nitrogens is 4. The lowest BCUT2D eigenvalue weighted by Crippen LogP contribution is -2.38. The highest BCUT2D eigenvalue weighted by atomic mass is 16.2. The first kappa shape index (κ1) is 18.6. The van der Waals surface area contributed by atoms with Gasteiger partial charge in [0.2, 0.25) is 0 Å². The van der Waals surface area contributed by atoms with E-state index in [1.54, 1.807) is 6.20 Å². The van der Waals surface area contributed by atoms with Crippen molar-refractivity contribution in [1.82, 2.24) is 24.6 Å². The van der Waals surface area contributed by atoms with Crippen LogP contribution in [0.5, 0.6) is 0 Å². The second-order valence-corrected chi connectivity index (χ2v) is 8.10. The number of imidazole rings is 1. The van der Waals surface area contributed by atoms with E-state index in [1.165, 1.54) is 5.56 Å². The summed E-state index contributed by atoms with van der Waals surface area (Å²) in [6.07, 6.45) is 3.52. The number of amides is 1. The van der Waals surface area contributed by atoms with Gasteiger partial charge >= 0.3 is 0 Å². The fraction of sp³-hybridized carbons (Fsp3) is 0.292. The van der Waals surface area contributed by atoms with Gasteiger partial charge in [-0.3, -0.25) is 4.79 Å². The minimum Gasteiger partial charge on any atom is -0.342 e. The Morgan fingerprint density at radius 1 is 1.07 bits per heavy atom. The zero-order valence-electron chi connectivity index (χ0n) is 17.3. The van der Waals surface area contributed by atoms with Gasteiger partial charge < -0.3 is 9.88 Å². The van der Waals surface area contributed by atoms with E-state index in [0.717, 1.165) is 54.2 Å². The number of hydrogen-bond acceptors (Lipinski definition) is 3. The number of nitrogens with one attached hydrogen (secondary N) is 1. The molecule has 6 heteroatoms. The van der Waals surface area contributed by atoms with Gasteiger partial charge in [0.15, 0.2) is 0 Å². The molecule has 0 bridgehead atoms. The highest BCUT2D eigenvalue weighted by Crippen LogP contribution is 2.29. The Kier molecular flexibility index (Phi) is 4.62. The summed E-state index contributed by atoms with van der Waals surface area (Å²) in [6.45, 7) is 5.51. The molecule has 1 amide bonds. The summed E-state index contributed by atoms with van der Waals surface area (Å²) >= 11 is 0. The quantitative estimate of drug-likeness (QED) is 0.556. The minimum atomic E-state index is 0.0633. The van der Waals surface area contributed by atoms with Crippen molar-refractivity contribution in [2.24, 2.45) is 0 Å². The summed E-state index contributed by atoms with van der Waals surface area (Å²) in [4.78, 5) is 23.4. The highest BCUT2D eigenvalue weighted by molar-refractivity contribution is 5.95. The molecule has 0 unspecified atom stereocenters. The molecule has 0 atom stereocenters. The summed E-state index contributed by atoms with van der Waals surface area (Å²) in [5, 5.41) is 4.45. The number of carbonyl (C=O) groups is 1. The molecule has 2 aromatic heterocycles. The van der Waals surface area contributed by atoms with Crippen molar-refractivity contribution in [1.29, 1.82) is 0 Å². The van der Waals surface area contributed by atoms with Gasteiger partial charge in [0.05, 0.1) is 34.2 Å². The van der Waals surface area contributed by atoms with Crippen molar-refractivity contribution in [3.05, 3.63) is 77.4 Å². The molecule has 2 aromatic carbocycles. The van der Waals surface area contributed by atoms with Crippen LogP contribution in [0.25, 0.3) is 16.7 Å². The molecular formula is C24H25N5O. The zero-order valence-corrected chi connectivity index (χ0v) is 17.3. The molecule has 0 saturated carbocycles. The number of fused-ring (bicyclic) bond motifs is 1. The molecule has 0 spiro atoms. The number of likely N-dealkylation sites (tertiary alicyclic amines) is 1. The third-order valence-corrected chi connectivity index (χ3v) is 6.07. The van der Waals surface area contributed by atoms with E-state index in [2.05, 4.69) is 35.2 Å². The van der Waals surface area contributed by atoms with Gasteiger partial charge in [-0.25, -0.2) is 9.67 Å². The largest absolute Gasteiger partial charge is 0.342 e. The number of carbonyl (C=O) groups excluding carboxylic acids is 1. The number of aryl methyl sites for hydroxylation is 1. The Hall–Kier alpha value is -3.41. The summed E-state index contributed by atoms with van der Waals surface area (Å²) in [5.41, 5.74) is 5.85. The van der Waals surface area contributed by atoms with Crippen molar-refractivity contribution in [2.75, 3.05) is 13.1 Å². The predicted molar refractivity (Wildman–Crippen MR) is 117 cm³/mol. The summed E-state index contributed by atoms with van der Waals surface area (Å²) in [6, 6.07) is 16.2. The molecule has 1 saturated heterocycles. The van der Waals surface area contributed by atoms with Gasteiger partial charge in [0.25, 0.3) is 5.91 Å². The van der Waals surface area contributed by atoms with Crippen LogP contribution in [0, 0.1) is 13.8 Å². The summed E-state index contributed by atoms with van der Waals surface area (Å²) < 4.78 is 1.83. The topological polar surface area (TPSA) is 66.8 Å². The van der Waals surface area contributed by atoms with Crippen molar-refractivity contribution in [2.45, 2.75) is 32.6 Å². The zero-order chi connectivity index (χ0) is 20.7. The van der Waals surface area contributed by atoms with Crippen LogP contribution in [0.1, 0.15) is 46.2 Å². The number of para-hydroxylation sites is 1. The lowest BCUT2D eigenvalue weighted by molar-refractivity contribution is 0.0710. The molecule has 1 fully saturated rings. The molecule has 1 aliphatic heterocycles. The first-order valence-corrected chi connectivity index (χ1v) is 10.5. The van der Waals surface area contributed by atoms with Crippen LogP contribution in [0.3, 0.4) is 0 Å². The Balaban J connectivity index is 1.29. The third kappa shape index (κ3) is 3.28. The molecule has 5 rings (SSSR count). The number of nitrogens with zero attached hydrogens (tertiary/aromatic N) is 4. The van der Waals surface area contributed by atoms with Crippen LogP contribution >= 0.6 is 0 Å². The molecule has 3 heterocycles. The molecular weight excluding hydrogens is 374 g/mol. The van der Waals surface area contributed by atoms with Crippen molar-refractivity contribution in [3.63, 3.8) is 0 Å². The van der Waals surface area contributed by atoms with Crippen molar-refractivity contribution in [3.8, 4) is 5.69 Å². The SMILES string of the molecule is Cc1ccc2nc(C3CCN(C(=O)c4cnn(-c5ccccc5)c4C)CC3)[nH]c2c1. The van der Waals surface area contributed by atoms with Gasteiger partial charge in [-0.2, -0.15) is 5.10 Å². The van der Waals surface area contributed by atoms with Gasteiger partial charge in [-0.1, -0.05) is 24.3 Å². The van der Waals surface area contributed by atoms with Crippen LogP contribution < -0.4 is 0 Å². The average molecular weight is 399 g/mol. The second-order valence-electron chi connectivity index (χ2n) is 8.10. The number of hydrogen-bond donors (Lipinski definition) is 1. The van der Waals surface area contributed by atoms with Gasteiger partial charge in [0, 0.05) is 19.0 Å². The van der Waals surface area contributed by atoms with E-state index in [-0.39, 0.29) is 5.91 Å². The summed E-state index contributed by atoms with van der Waals surface area (Å²) in [5.74, 6) is 1.46. The number of benzene rings is 2. The molecule has 0 radical (unpaired) electrons. The van der Waals surface area contributed by atoms with Crippen LogP contribution in [0.4, 0.5) is 0 Å². The Morgan fingerprint density at radius 3 is 2.60 bits per heavy atom. The first-order valence-electron chi connectivity index (χ1n) is 10.5. The monoisotopic (exact) mass is 399 g/mol. The van der Waals surface area contributed by atoms with E-state index in [0.29, 0.717) is 11.5 Å². The molecule has 6 nitrogen and oxygen atoms in total. The van der Waals surface area contributed by atoms with Crippen LogP contribution in [0.15, 0.2) is 54.7 Å².